The van der Waals surface area contributed by atoms with Crippen molar-refractivity contribution in [3.63, 3.8) is 0 Å². The van der Waals surface area contributed by atoms with E-state index in [1.165, 1.54) is 0 Å². The number of benzene rings is 2. The van der Waals surface area contributed by atoms with Gasteiger partial charge in [0.15, 0.2) is 0 Å². The number of nitrogens with one attached hydrogen (secondary N) is 1. The van der Waals surface area contributed by atoms with Crippen LogP contribution in [0.2, 0.25) is 0 Å². The number of carbonyl (C=O) groups excluding carboxylic acids is 1. The molecule has 3 rings (SSSR count). The van der Waals surface area contributed by atoms with Gasteiger partial charge in [0.05, 0.1) is 6.54 Å². The van der Waals surface area contributed by atoms with Crippen molar-refractivity contribution in [2.45, 2.75) is 26.9 Å². The molecule has 1 unspecified atom stereocenters. The molecule has 0 saturated carbocycles. The molecular weight excluding hydrogens is 369 g/mol. The maximum atomic E-state index is 14.3. The summed E-state index contributed by atoms with van der Waals surface area (Å²) in [7, 11) is 1.60. The fourth-order valence-electron chi connectivity index (χ4n) is 3.61. The number of aliphatic imine (C=N–C) groups is 1. The molecule has 1 aliphatic rings. The number of rotatable bonds is 6. The third kappa shape index (κ3) is 5.21. The first-order valence-electron chi connectivity index (χ1n) is 9.85. The minimum Gasteiger partial charge on any atom is -0.484 e. The van der Waals surface area contributed by atoms with Gasteiger partial charge < -0.3 is 10.1 Å². The monoisotopic (exact) mass is 397 g/mol. The molecule has 29 heavy (non-hydrogen) atoms. The van der Waals surface area contributed by atoms with Crippen molar-refractivity contribution in [1.82, 2.24) is 10.2 Å². The Hall–Kier alpha value is -2.73. The van der Waals surface area contributed by atoms with Crippen molar-refractivity contribution < 1.29 is 13.9 Å². The van der Waals surface area contributed by atoms with Crippen LogP contribution in [0.25, 0.3) is 0 Å². The second-order valence-corrected chi connectivity index (χ2v) is 7.52. The number of halogens is 1. The second kappa shape index (κ2) is 9.18. The van der Waals surface area contributed by atoms with Gasteiger partial charge in [0.25, 0.3) is 5.91 Å². The Morgan fingerprint density at radius 3 is 2.59 bits per heavy atom. The molecule has 0 saturated heterocycles. The molecule has 1 N–H and O–H groups in total. The van der Waals surface area contributed by atoms with E-state index >= 15 is 0 Å². The quantitative estimate of drug-likeness (QED) is 0.809. The molecule has 2 aromatic rings. The van der Waals surface area contributed by atoms with Gasteiger partial charge in [-0.05, 0) is 67.8 Å². The number of ether oxygens (including phenoxy) is 1. The molecule has 6 heteroatoms. The molecule has 0 spiro atoms. The average molecular weight is 397 g/mol. The van der Waals surface area contributed by atoms with Crippen molar-refractivity contribution in [2.24, 2.45) is 4.99 Å². The van der Waals surface area contributed by atoms with E-state index in [2.05, 4.69) is 15.2 Å². The molecule has 1 atom stereocenters. The highest BCUT2D eigenvalue weighted by atomic mass is 19.1. The Labute approximate surface area is 171 Å². The summed E-state index contributed by atoms with van der Waals surface area (Å²) in [6.45, 7) is 8.80. The Morgan fingerprint density at radius 2 is 1.93 bits per heavy atom. The van der Waals surface area contributed by atoms with Crippen LogP contribution in [0.4, 0.5) is 4.39 Å². The molecule has 2 aromatic carbocycles. The van der Waals surface area contributed by atoms with Gasteiger partial charge >= 0.3 is 0 Å². The predicted molar refractivity (Wildman–Crippen MR) is 113 cm³/mol. The normalized spacial score (nSPS) is 15.6. The van der Waals surface area contributed by atoms with Crippen LogP contribution in [0, 0.1) is 19.7 Å². The average Bonchev–Trinajstić information content (AvgIpc) is 2.70. The number of hydrogen-bond donors (Lipinski definition) is 1. The topological polar surface area (TPSA) is 53.9 Å². The molecular formula is C23H28FN3O2. The van der Waals surface area contributed by atoms with E-state index in [9.17, 15) is 9.18 Å². The number of carbonyl (C=O) groups is 1. The SMILES string of the molecule is CNC(=O)c1ccc(OC(CN2CCN=C(C)C2)c2cc(F)c(C)cc2C)cc1. The Kier molecular flexibility index (Phi) is 6.64. The fourth-order valence-corrected chi connectivity index (χ4v) is 3.61. The number of nitrogens with zero attached hydrogens (tertiary/aromatic N) is 2. The van der Waals surface area contributed by atoms with Crippen molar-refractivity contribution in [2.75, 3.05) is 33.2 Å². The lowest BCUT2D eigenvalue weighted by Crippen LogP contribution is -2.39. The third-order valence-corrected chi connectivity index (χ3v) is 5.19. The molecule has 0 bridgehead atoms. The maximum absolute atomic E-state index is 14.3. The fraction of sp³-hybridized carbons (Fsp3) is 0.391. The van der Waals surface area contributed by atoms with Crippen LogP contribution in [-0.4, -0.2) is 49.7 Å². The lowest BCUT2D eigenvalue weighted by Gasteiger charge is -2.31. The first kappa shape index (κ1) is 21.0. The van der Waals surface area contributed by atoms with E-state index in [-0.39, 0.29) is 17.8 Å². The summed E-state index contributed by atoms with van der Waals surface area (Å²) in [5.74, 6) is 0.267. The Balaban J connectivity index is 1.87. The summed E-state index contributed by atoms with van der Waals surface area (Å²) >= 11 is 0. The largest absolute Gasteiger partial charge is 0.484 e. The first-order valence-corrected chi connectivity index (χ1v) is 9.85. The van der Waals surface area contributed by atoms with Gasteiger partial charge in [-0.1, -0.05) is 6.07 Å². The molecule has 1 aliphatic heterocycles. The molecule has 5 nitrogen and oxygen atoms in total. The van der Waals surface area contributed by atoms with Crippen molar-refractivity contribution in [3.8, 4) is 5.75 Å². The van der Waals surface area contributed by atoms with Gasteiger partial charge in [-0.2, -0.15) is 0 Å². The van der Waals surface area contributed by atoms with Gasteiger partial charge in [0.2, 0.25) is 0 Å². The zero-order chi connectivity index (χ0) is 21.0. The minimum absolute atomic E-state index is 0.146. The smallest absolute Gasteiger partial charge is 0.251 e. The van der Waals surface area contributed by atoms with Crippen LogP contribution >= 0.6 is 0 Å². The van der Waals surface area contributed by atoms with E-state index in [4.69, 9.17) is 4.74 Å². The van der Waals surface area contributed by atoms with Gasteiger partial charge in [-0.3, -0.25) is 14.7 Å². The molecule has 1 heterocycles. The first-order chi connectivity index (χ1) is 13.9. The lowest BCUT2D eigenvalue weighted by molar-refractivity contribution is 0.0963. The molecule has 154 valence electrons. The van der Waals surface area contributed by atoms with E-state index in [0.29, 0.717) is 23.4 Å². The van der Waals surface area contributed by atoms with Crippen LogP contribution in [0.1, 0.15) is 40.1 Å². The summed E-state index contributed by atoms with van der Waals surface area (Å²) in [6, 6.07) is 10.5. The predicted octanol–water partition coefficient (Wildman–Crippen LogP) is 3.70. The zero-order valence-electron chi connectivity index (χ0n) is 17.5. The molecule has 0 fully saturated rings. The van der Waals surface area contributed by atoms with E-state index < -0.39 is 0 Å². The summed E-state index contributed by atoms with van der Waals surface area (Å²) in [5.41, 5.74) is 4.12. The van der Waals surface area contributed by atoms with Crippen LogP contribution in [0.3, 0.4) is 0 Å². The zero-order valence-corrected chi connectivity index (χ0v) is 17.5. The van der Waals surface area contributed by atoms with Gasteiger partial charge in [-0.25, -0.2) is 4.39 Å². The van der Waals surface area contributed by atoms with Crippen LogP contribution in [0.5, 0.6) is 5.75 Å². The highest BCUT2D eigenvalue weighted by molar-refractivity contribution is 5.94. The van der Waals surface area contributed by atoms with Gasteiger partial charge in [0.1, 0.15) is 17.7 Å². The lowest BCUT2D eigenvalue weighted by atomic mass is 9.99. The summed E-state index contributed by atoms with van der Waals surface area (Å²) in [4.78, 5) is 18.5. The van der Waals surface area contributed by atoms with Crippen LogP contribution in [0.15, 0.2) is 41.4 Å². The van der Waals surface area contributed by atoms with Crippen molar-refractivity contribution >= 4 is 11.6 Å². The van der Waals surface area contributed by atoms with Crippen molar-refractivity contribution in [1.29, 1.82) is 0 Å². The van der Waals surface area contributed by atoms with E-state index in [1.54, 1.807) is 44.3 Å². The Bertz CT molecular complexity index is 909. The summed E-state index contributed by atoms with van der Waals surface area (Å²) in [6.07, 6.45) is -0.332. The summed E-state index contributed by atoms with van der Waals surface area (Å²) in [5, 5.41) is 2.61. The standard InChI is InChI=1S/C23H28FN3O2/c1-15-11-16(2)21(24)12-20(15)22(14-27-10-9-26-17(3)13-27)29-19-7-5-18(6-8-19)23(28)25-4/h5-8,11-12,22H,9-10,13-14H2,1-4H3,(H,25,28). The third-order valence-electron chi connectivity index (χ3n) is 5.19. The number of amides is 1. The van der Waals surface area contributed by atoms with Gasteiger partial charge in [-0.15, -0.1) is 0 Å². The van der Waals surface area contributed by atoms with Crippen LogP contribution in [-0.2, 0) is 0 Å². The molecule has 0 aliphatic carbocycles. The highest BCUT2D eigenvalue weighted by Crippen LogP contribution is 2.28. The number of hydrogen-bond acceptors (Lipinski definition) is 4. The minimum atomic E-state index is -0.332. The number of aryl methyl sites for hydroxylation is 2. The molecule has 0 aromatic heterocycles. The van der Waals surface area contributed by atoms with Gasteiger partial charge in [0, 0.05) is 38.0 Å². The second-order valence-electron chi connectivity index (χ2n) is 7.52. The molecule has 0 radical (unpaired) electrons. The van der Waals surface area contributed by atoms with E-state index in [0.717, 1.165) is 36.5 Å². The van der Waals surface area contributed by atoms with E-state index in [1.807, 2.05) is 19.9 Å². The maximum Gasteiger partial charge on any atom is 0.251 e. The summed E-state index contributed by atoms with van der Waals surface area (Å²) < 4.78 is 20.6. The molecule has 1 amide bonds. The Morgan fingerprint density at radius 1 is 1.21 bits per heavy atom. The van der Waals surface area contributed by atoms with Crippen LogP contribution < -0.4 is 10.1 Å². The van der Waals surface area contributed by atoms with Crippen molar-refractivity contribution in [3.05, 3.63) is 64.5 Å². The highest BCUT2D eigenvalue weighted by Gasteiger charge is 2.23.